The van der Waals surface area contributed by atoms with Crippen LogP contribution in [0.2, 0.25) is 5.02 Å². The molecule has 0 atom stereocenters. The molecule has 2 rings (SSSR count). The fourth-order valence-electron chi connectivity index (χ4n) is 1.64. The number of carbonyl (C=O) groups excluding carboxylic acids is 1. The van der Waals surface area contributed by atoms with E-state index in [9.17, 15) is 4.79 Å². The molecule has 0 radical (unpaired) electrons. The van der Waals surface area contributed by atoms with Crippen molar-refractivity contribution in [2.75, 3.05) is 13.2 Å². The first-order valence-electron chi connectivity index (χ1n) is 6.45. The fraction of sp³-hybridized carbons (Fsp3) is 0.357. The largest absolute Gasteiger partial charge is 0.399 e. The van der Waals surface area contributed by atoms with E-state index >= 15 is 0 Å². The Kier molecular flexibility index (Phi) is 4.72. The lowest BCUT2D eigenvalue weighted by Gasteiger charge is -2.22. The maximum absolute atomic E-state index is 12.0. The molecule has 7 heteroatoms. The third-order valence-corrected chi connectivity index (χ3v) is 3.21. The zero-order chi connectivity index (χ0) is 15.5. The number of nitrogens with two attached hydrogens (primary N) is 1. The van der Waals surface area contributed by atoms with Crippen LogP contribution < -0.4 is 16.6 Å². The summed E-state index contributed by atoms with van der Waals surface area (Å²) < 4.78 is 11.0. The molecule has 0 fully saturated rings. The lowest BCUT2D eigenvalue weighted by atomic mass is 10.2. The molecule has 0 saturated heterocycles. The minimum atomic E-state index is -0.714. The van der Waals surface area contributed by atoms with E-state index in [1.807, 2.05) is 0 Å². The highest BCUT2D eigenvalue weighted by atomic mass is 35.5. The number of benzene rings is 1. The van der Waals surface area contributed by atoms with E-state index in [0.717, 1.165) is 0 Å². The third-order valence-electron chi connectivity index (χ3n) is 2.96. The van der Waals surface area contributed by atoms with Crippen molar-refractivity contribution in [3.8, 4) is 0 Å². The summed E-state index contributed by atoms with van der Waals surface area (Å²) in [4.78, 5) is 12.0. The van der Waals surface area contributed by atoms with Crippen LogP contribution in [0.15, 0.2) is 35.7 Å². The first-order chi connectivity index (χ1) is 9.87. The fourth-order valence-corrected chi connectivity index (χ4v) is 1.77. The van der Waals surface area contributed by atoms with Crippen molar-refractivity contribution in [2.45, 2.75) is 19.6 Å². The van der Waals surface area contributed by atoms with Crippen LogP contribution in [0.4, 0.5) is 0 Å². The molecule has 0 spiro atoms. The number of hydrogen-bond acceptors (Lipinski definition) is 5. The van der Waals surface area contributed by atoms with E-state index in [2.05, 4.69) is 10.9 Å². The Labute approximate surface area is 128 Å². The summed E-state index contributed by atoms with van der Waals surface area (Å²) in [7, 11) is 0. The van der Waals surface area contributed by atoms with E-state index in [4.69, 9.17) is 26.8 Å². The van der Waals surface area contributed by atoms with Gasteiger partial charge in [-0.3, -0.25) is 15.6 Å². The smallest absolute Gasteiger partial charge is 0.269 e. The van der Waals surface area contributed by atoms with Crippen LogP contribution in [0, 0.1) is 0 Å². The van der Waals surface area contributed by atoms with Crippen molar-refractivity contribution in [3.63, 3.8) is 0 Å². The molecule has 0 unspecified atom stereocenters. The minimum Gasteiger partial charge on any atom is -0.399 e. The minimum absolute atomic E-state index is 0.222. The van der Waals surface area contributed by atoms with Gasteiger partial charge in [-0.2, -0.15) is 0 Å². The molecular formula is C14H18ClN3O3. The number of carbonyl (C=O) groups is 1. The van der Waals surface area contributed by atoms with Crippen molar-refractivity contribution in [1.29, 1.82) is 0 Å². The maximum Gasteiger partial charge on any atom is 0.269 e. The molecule has 0 bridgehead atoms. The second-order valence-electron chi connectivity index (χ2n) is 5.07. The first-order valence-corrected chi connectivity index (χ1v) is 6.82. The zero-order valence-electron chi connectivity index (χ0n) is 11.9. The van der Waals surface area contributed by atoms with Gasteiger partial charge in [-0.05, 0) is 38.1 Å². The van der Waals surface area contributed by atoms with E-state index in [0.29, 0.717) is 22.0 Å². The Morgan fingerprint density at radius 3 is 2.52 bits per heavy atom. The van der Waals surface area contributed by atoms with Crippen molar-refractivity contribution in [2.24, 2.45) is 5.73 Å². The number of rotatable bonds is 3. The van der Waals surface area contributed by atoms with Crippen molar-refractivity contribution < 1.29 is 14.3 Å². The van der Waals surface area contributed by atoms with Gasteiger partial charge in [0.05, 0.1) is 24.6 Å². The van der Waals surface area contributed by atoms with Crippen LogP contribution in [0.5, 0.6) is 0 Å². The predicted octanol–water partition coefficient (Wildman–Crippen LogP) is 1.53. The quantitative estimate of drug-likeness (QED) is 0.737. The van der Waals surface area contributed by atoms with Gasteiger partial charge in [0.2, 0.25) is 0 Å². The topological polar surface area (TPSA) is 85.6 Å². The second kappa shape index (κ2) is 6.34. The van der Waals surface area contributed by atoms with Gasteiger partial charge in [0.25, 0.3) is 5.91 Å². The standard InChI is InChI=1S/C14H18ClN3O3/c1-14(2)20-7-11(16)12(8-21-14)17-18-13(19)9-3-5-10(15)6-4-9/h3-6,17H,7-8,16H2,1-2H3,(H,18,19). The van der Waals surface area contributed by atoms with Gasteiger partial charge < -0.3 is 15.2 Å². The average molecular weight is 312 g/mol. The molecule has 1 aromatic carbocycles. The lowest BCUT2D eigenvalue weighted by molar-refractivity contribution is -0.198. The summed E-state index contributed by atoms with van der Waals surface area (Å²) >= 11 is 5.78. The Hall–Kier alpha value is -1.76. The zero-order valence-corrected chi connectivity index (χ0v) is 12.7. The van der Waals surface area contributed by atoms with E-state index in [-0.39, 0.29) is 19.1 Å². The van der Waals surface area contributed by atoms with Crippen molar-refractivity contribution >= 4 is 17.5 Å². The molecule has 1 aliphatic rings. The molecule has 1 amide bonds. The molecule has 0 aromatic heterocycles. The van der Waals surface area contributed by atoms with Gasteiger partial charge in [-0.1, -0.05) is 11.6 Å². The Morgan fingerprint density at radius 1 is 1.24 bits per heavy atom. The van der Waals surface area contributed by atoms with E-state index < -0.39 is 5.79 Å². The summed E-state index contributed by atoms with van der Waals surface area (Å²) in [6, 6.07) is 6.56. The summed E-state index contributed by atoms with van der Waals surface area (Å²) in [6.45, 7) is 4.05. The van der Waals surface area contributed by atoms with Crippen LogP contribution in [-0.2, 0) is 9.47 Å². The predicted molar refractivity (Wildman–Crippen MR) is 79.3 cm³/mol. The number of ether oxygens (including phenoxy) is 2. The summed E-state index contributed by atoms with van der Waals surface area (Å²) in [5.74, 6) is -1.01. The van der Waals surface area contributed by atoms with Gasteiger partial charge in [0, 0.05) is 10.6 Å². The van der Waals surface area contributed by atoms with E-state index in [1.54, 1.807) is 38.1 Å². The number of halogens is 1. The normalized spacial score (nSPS) is 18.0. The second-order valence-corrected chi connectivity index (χ2v) is 5.50. The van der Waals surface area contributed by atoms with Crippen LogP contribution in [-0.4, -0.2) is 24.9 Å². The summed E-state index contributed by atoms with van der Waals surface area (Å²) in [5, 5.41) is 0.572. The Bertz CT molecular complexity index is 555. The highest BCUT2D eigenvalue weighted by Crippen LogP contribution is 2.17. The third kappa shape index (κ3) is 4.35. The monoisotopic (exact) mass is 311 g/mol. The first kappa shape index (κ1) is 15.6. The molecule has 21 heavy (non-hydrogen) atoms. The highest BCUT2D eigenvalue weighted by molar-refractivity contribution is 6.30. The van der Waals surface area contributed by atoms with Crippen LogP contribution in [0.3, 0.4) is 0 Å². The molecular weight excluding hydrogens is 294 g/mol. The van der Waals surface area contributed by atoms with Gasteiger partial charge in [-0.15, -0.1) is 0 Å². The number of amides is 1. The number of hydrogen-bond donors (Lipinski definition) is 3. The molecule has 114 valence electrons. The maximum atomic E-state index is 12.0. The van der Waals surface area contributed by atoms with E-state index in [1.165, 1.54) is 0 Å². The highest BCUT2D eigenvalue weighted by Gasteiger charge is 2.24. The van der Waals surface area contributed by atoms with Crippen LogP contribution >= 0.6 is 11.6 Å². The molecule has 6 nitrogen and oxygen atoms in total. The summed E-state index contributed by atoms with van der Waals surface area (Å²) in [5.41, 5.74) is 12.8. The Balaban J connectivity index is 1.95. The number of hydrazine groups is 1. The molecule has 1 aliphatic heterocycles. The van der Waals surface area contributed by atoms with Crippen molar-refractivity contribution in [1.82, 2.24) is 10.9 Å². The van der Waals surface area contributed by atoms with Gasteiger partial charge in [0.1, 0.15) is 0 Å². The molecule has 4 N–H and O–H groups in total. The van der Waals surface area contributed by atoms with Crippen LogP contribution in [0.1, 0.15) is 24.2 Å². The summed E-state index contributed by atoms with van der Waals surface area (Å²) in [6.07, 6.45) is 0. The van der Waals surface area contributed by atoms with Gasteiger partial charge >= 0.3 is 0 Å². The molecule has 0 aliphatic carbocycles. The average Bonchev–Trinajstić information content (AvgIpc) is 2.57. The van der Waals surface area contributed by atoms with Crippen LogP contribution in [0.25, 0.3) is 0 Å². The van der Waals surface area contributed by atoms with Crippen molar-refractivity contribution in [3.05, 3.63) is 46.2 Å². The number of nitrogens with one attached hydrogen (secondary N) is 2. The van der Waals surface area contributed by atoms with Gasteiger partial charge in [-0.25, -0.2) is 0 Å². The SMILES string of the molecule is CC1(C)OCC(N)=C(NNC(=O)c2ccc(Cl)cc2)CO1. The molecule has 1 aromatic rings. The lowest BCUT2D eigenvalue weighted by Crippen LogP contribution is -2.39. The Morgan fingerprint density at radius 2 is 1.86 bits per heavy atom. The molecule has 1 heterocycles. The molecule has 0 saturated carbocycles. The van der Waals surface area contributed by atoms with Gasteiger partial charge in [0.15, 0.2) is 5.79 Å².